The van der Waals surface area contributed by atoms with E-state index in [0.717, 1.165) is 16.7 Å². The van der Waals surface area contributed by atoms with Crippen molar-refractivity contribution in [3.05, 3.63) is 118 Å². The maximum absolute atomic E-state index is 12.7. The van der Waals surface area contributed by atoms with Crippen LogP contribution in [0.1, 0.15) is 29.0 Å². The van der Waals surface area contributed by atoms with Gasteiger partial charge in [-0.2, -0.15) is 5.26 Å². The Balaban J connectivity index is 1.39. The highest BCUT2D eigenvalue weighted by atomic mass is 32.2. The van der Waals surface area contributed by atoms with Crippen LogP contribution in [0.3, 0.4) is 0 Å². The zero-order valence-electron chi connectivity index (χ0n) is 20.4. The minimum Gasteiger partial charge on any atom is -0.493 e. The molecule has 1 amide bonds. The zero-order valence-corrected chi connectivity index (χ0v) is 21.3. The number of ether oxygens (including phenoxy) is 2. The Morgan fingerprint density at radius 3 is 2.57 bits per heavy atom. The second kappa shape index (κ2) is 11.2. The van der Waals surface area contributed by atoms with Crippen molar-refractivity contribution >= 4 is 28.4 Å². The molecule has 184 valence electrons. The first-order valence-corrected chi connectivity index (χ1v) is 13.0. The zero-order chi connectivity index (χ0) is 25.6. The van der Waals surface area contributed by atoms with Gasteiger partial charge in [-0.15, -0.1) is 11.8 Å². The smallest absolute Gasteiger partial charge is 0.225 e. The van der Waals surface area contributed by atoms with E-state index >= 15 is 0 Å². The van der Waals surface area contributed by atoms with Crippen LogP contribution in [0, 0.1) is 11.3 Å². The minimum absolute atomic E-state index is 0.104. The van der Waals surface area contributed by atoms with Crippen molar-refractivity contribution in [2.24, 2.45) is 0 Å². The quantitative estimate of drug-likeness (QED) is 0.288. The first-order chi connectivity index (χ1) is 18.2. The van der Waals surface area contributed by atoms with E-state index in [-0.39, 0.29) is 18.2 Å². The predicted molar refractivity (Wildman–Crippen MR) is 147 cm³/mol. The largest absolute Gasteiger partial charge is 0.493 e. The number of thioether (sulfide) groups is 1. The van der Waals surface area contributed by atoms with Crippen LogP contribution in [0.25, 0.3) is 10.8 Å². The molecule has 0 aliphatic carbocycles. The normalized spacial score (nSPS) is 15.2. The van der Waals surface area contributed by atoms with Crippen LogP contribution in [0.5, 0.6) is 11.5 Å². The average molecular weight is 507 g/mol. The Morgan fingerprint density at radius 1 is 0.973 bits per heavy atom. The number of nitriles is 1. The molecule has 5 rings (SSSR count). The van der Waals surface area contributed by atoms with Gasteiger partial charge in [0.2, 0.25) is 5.91 Å². The fourth-order valence-electron chi connectivity index (χ4n) is 4.54. The summed E-state index contributed by atoms with van der Waals surface area (Å²) in [4.78, 5) is 12.7. The van der Waals surface area contributed by atoms with Crippen molar-refractivity contribution in [1.29, 1.82) is 5.26 Å². The van der Waals surface area contributed by atoms with Crippen LogP contribution in [-0.2, 0) is 17.2 Å². The number of methoxy groups -OCH3 is 1. The number of carbonyl (C=O) groups is 1. The first-order valence-electron chi connectivity index (χ1n) is 12.0. The molecule has 0 radical (unpaired) electrons. The first kappa shape index (κ1) is 24.5. The molecule has 1 aliphatic heterocycles. The van der Waals surface area contributed by atoms with E-state index in [1.807, 2.05) is 66.7 Å². The van der Waals surface area contributed by atoms with Gasteiger partial charge in [0.15, 0.2) is 11.5 Å². The predicted octanol–water partition coefficient (Wildman–Crippen LogP) is 6.70. The highest BCUT2D eigenvalue weighted by Crippen LogP contribution is 2.40. The number of hydrogen-bond donors (Lipinski definition) is 1. The van der Waals surface area contributed by atoms with Crippen LogP contribution in [0.15, 0.2) is 102 Å². The van der Waals surface area contributed by atoms with Gasteiger partial charge in [0.05, 0.1) is 23.8 Å². The fourth-order valence-corrected chi connectivity index (χ4v) is 5.62. The van der Waals surface area contributed by atoms with Crippen molar-refractivity contribution in [2.45, 2.75) is 24.7 Å². The number of fused-ring (bicyclic) bond motifs is 1. The molecule has 1 atom stereocenters. The number of carbonyl (C=O) groups excluding carboxylic acids is 1. The van der Waals surface area contributed by atoms with Crippen LogP contribution in [-0.4, -0.2) is 13.0 Å². The van der Waals surface area contributed by atoms with Gasteiger partial charge in [-0.3, -0.25) is 4.79 Å². The average Bonchev–Trinajstić information content (AvgIpc) is 2.95. The van der Waals surface area contributed by atoms with E-state index in [2.05, 4.69) is 35.7 Å². The summed E-state index contributed by atoms with van der Waals surface area (Å²) in [6.07, 6.45) is 0.203. The van der Waals surface area contributed by atoms with Crippen molar-refractivity contribution in [3.8, 4) is 17.6 Å². The number of rotatable bonds is 8. The Bertz CT molecular complexity index is 1500. The summed E-state index contributed by atoms with van der Waals surface area (Å²) < 4.78 is 11.6. The van der Waals surface area contributed by atoms with Gasteiger partial charge in [0, 0.05) is 18.1 Å². The molecule has 1 aliphatic rings. The van der Waals surface area contributed by atoms with E-state index in [1.54, 1.807) is 7.11 Å². The monoisotopic (exact) mass is 506 g/mol. The molecule has 0 fully saturated rings. The molecular weight excluding hydrogens is 480 g/mol. The van der Waals surface area contributed by atoms with E-state index < -0.39 is 0 Å². The number of benzene rings is 4. The topological polar surface area (TPSA) is 71.3 Å². The molecule has 0 aromatic heterocycles. The molecule has 5 nitrogen and oxygen atoms in total. The standard InChI is InChI=1S/C31H26N2O3S/c1-35-29-16-23(14-15-28(29)36-19-21-8-3-2-4-9-21)26-17-30(34)33-31(27(26)18-32)37-20-24-12-7-11-22-10-5-6-13-25(22)24/h2-16,26H,17,19-20H2,1H3,(H,33,34)/t26-/m0/s1. The number of allylic oxidation sites excluding steroid dienone is 1. The molecule has 0 saturated heterocycles. The molecule has 1 heterocycles. The summed E-state index contributed by atoms with van der Waals surface area (Å²) in [5, 5.41) is 16.0. The highest BCUT2D eigenvalue weighted by Gasteiger charge is 2.30. The lowest BCUT2D eigenvalue weighted by molar-refractivity contribution is -0.120. The summed E-state index contributed by atoms with van der Waals surface area (Å²) in [6.45, 7) is 0.417. The van der Waals surface area contributed by atoms with E-state index in [0.29, 0.717) is 34.5 Å². The molecular formula is C31H26N2O3S. The van der Waals surface area contributed by atoms with Gasteiger partial charge >= 0.3 is 0 Å². The number of hydrogen-bond acceptors (Lipinski definition) is 5. The van der Waals surface area contributed by atoms with Crippen molar-refractivity contribution in [2.75, 3.05) is 7.11 Å². The molecule has 1 N–H and O–H groups in total. The lowest BCUT2D eigenvalue weighted by Gasteiger charge is -2.26. The Morgan fingerprint density at radius 2 is 1.76 bits per heavy atom. The fraction of sp³-hybridized carbons (Fsp3) is 0.161. The summed E-state index contributed by atoms with van der Waals surface area (Å²) in [6, 6.07) is 32.3. The van der Waals surface area contributed by atoms with E-state index in [4.69, 9.17) is 9.47 Å². The van der Waals surface area contributed by atoms with Gasteiger partial charge in [-0.05, 0) is 39.6 Å². The van der Waals surface area contributed by atoms with Crippen molar-refractivity contribution in [1.82, 2.24) is 5.32 Å². The molecule has 6 heteroatoms. The summed E-state index contributed by atoms with van der Waals surface area (Å²) in [5.74, 6) is 1.37. The van der Waals surface area contributed by atoms with Gasteiger partial charge in [0.1, 0.15) is 6.61 Å². The van der Waals surface area contributed by atoms with Crippen LogP contribution in [0.2, 0.25) is 0 Å². The molecule has 4 aromatic carbocycles. The minimum atomic E-state index is -0.356. The van der Waals surface area contributed by atoms with E-state index in [9.17, 15) is 10.1 Å². The van der Waals surface area contributed by atoms with Crippen LogP contribution < -0.4 is 14.8 Å². The summed E-state index contributed by atoms with van der Waals surface area (Å²) in [7, 11) is 1.59. The Hall–Kier alpha value is -4.21. The molecule has 0 unspecified atom stereocenters. The van der Waals surface area contributed by atoms with Gasteiger partial charge in [0.25, 0.3) is 0 Å². The third-order valence-corrected chi connectivity index (χ3v) is 7.50. The lowest BCUT2D eigenvalue weighted by atomic mass is 9.87. The SMILES string of the molecule is COc1cc([C@@H]2CC(=O)NC(SCc3cccc4ccccc34)=C2C#N)ccc1OCc1ccccc1. The molecule has 0 spiro atoms. The lowest BCUT2D eigenvalue weighted by Crippen LogP contribution is -2.30. The van der Waals surface area contributed by atoms with Gasteiger partial charge < -0.3 is 14.8 Å². The highest BCUT2D eigenvalue weighted by molar-refractivity contribution is 8.02. The van der Waals surface area contributed by atoms with E-state index in [1.165, 1.54) is 22.5 Å². The third-order valence-electron chi connectivity index (χ3n) is 6.44. The number of nitrogens with zero attached hydrogens (tertiary/aromatic N) is 1. The van der Waals surface area contributed by atoms with Crippen LogP contribution >= 0.6 is 11.8 Å². The Kier molecular flexibility index (Phi) is 7.43. The summed E-state index contributed by atoms with van der Waals surface area (Å²) >= 11 is 1.49. The number of nitrogens with one attached hydrogen (secondary N) is 1. The second-order valence-corrected chi connectivity index (χ2v) is 9.76. The molecule has 0 bridgehead atoms. The second-order valence-electron chi connectivity index (χ2n) is 8.77. The molecule has 0 saturated carbocycles. The molecule has 37 heavy (non-hydrogen) atoms. The number of amides is 1. The Labute approximate surface area is 220 Å². The van der Waals surface area contributed by atoms with Gasteiger partial charge in [-0.1, -0.05) is 78.9 Å². The van der Waals surface area contributed by atoms with Crippen LogP contribution in [0.4, 0.5) is 0 Å². The van der Waals surface area contributed by atoms with Crippen molar-refractivity contribution < 1.29 is 14.3 Å². The maximum atomic E-state index is 12.7. The summed E-state index contributed by atoms with van der Waals surface area (Å²) in [5.41, 5.74) is 3.62. The van der Waals surface area contributed by atoms with Gasteiger partial charge in [-0.25, -0.2) is 0 Å². The third kappa shape index (κ3) is 5.47. The van der Waals surface area contributed by atoms with Crippen molar-refractivity contribution in [3.63, 3.8) is 0 Å². The molecule has 4 aromatic rings. The maximum Gasteiger partial charge on any atom is 0.225 e.